The highest BCUT2D eigenvalue weighted by atomic mass is 32.2. The number of amides is 2. The van der Waals surface area contributed by atoms with E-state index in [4.69, 9.17) is 9.47 Å². The average Bonchev–Trinajstić information content (AvgIpc) is 3.31. The quantitative estimate of drug-likeness (QED) is 0.387. The molecule has 1 N–H and O–H groups in total. The fourth-order valence-electron chi connectivity index (χ4n) is 4.03. The molecule has 1 fully saturated rings. The minimum atomic E-state index is -0.502. The number of aryl methyl sites for hydroxylation is 2. The van der Waals surface area contributed by atoms with Gasteiger partial charge in [0.1, 0.15) is 11.4 Å². The van der Waals surface area contributed by atoms with Crippen LogP contribution in [0.15, 0.2) is 51.7 Å². The van der Waals surface area contributed by atoms with Crippen molar-refractivity contribution in [3.63, 3.8) is 0 Å². The predicted octanol–water partition coefficient (Wildman–Crippen LogP) is 6.23. The van der Waals surface area contributed by atoms with Crippen LogP contribution in [-0.2, 0) is 4.74 Å². The lowest BCUT2D eigenvalue weighted by atomic mass is 10.1. The highest BCUT2D eigenvalue weighted by molar-refractivity contribution is 8.01. The molecule has 0 bridgehead atoms. The number of carbonyl (C=O) groups excluding carboxylic acids is 2. The van der Waals surface area contributed by atoms with Gasteiger partial charge in [0.15, 0.2) is 5.13 Å². The first kappa shape index (κ1) is 27.8. The van der Waals surface area contributed by atoms with Crippen molar-refractivity contribution in [3.8, 4) is 5.75 Å². The molecule has 10 heteroatoms. The Morgan fingerprint density at radius 1 is 1.03 bits per heavy atom. The summed E-state index contributed by atoms with van der Waals surface area (Å²) >= 11 is 3.07. The molecule has 1 aromatic heterocycles. The van der Waals surface area contributed by atoms with Crippen molar-refractivity contribution >= 4 is 45.9 Å². The van der Waals surface area contributed by atoms with E-state index in [0.29, 0.717) is 36.9 Å². The molecule has 1 aliphatic rings. The molecule has 0 aliphatic carbocycles. The van der Waals surface area contributed by atoms with Crippen molar-refractivity contribution < 1.29 is 19.1 Å². The van der Waals surface area contributed by atoms with Crippen LogP contribution in [0.2, 0.25) is 0 Å². The van der Waals surface area contributed by atoms with Gasteiger partial charge in [-0.05, 0) is 82.1 Å². The van der Waals surface area contributed by atoms with Gasteiger partial charge in [-0.3, -0.25) is 10.1 Å². The fourth-order valence-corrected chi connectivity index (χ4v) is 6.03. The summed E-state index contributed by atoms with van der Waals surface area (Å²) in [4.78, 5) is 34.6. The van der Waals surface area contributed by atoms with Gasteiger partial charge < -0.3 is 19.3 Å². The number of hydrogen-bond acceptors (Lipinski definition) is 8. The van der Waals surface area contributed by atoms with Gasteiger partial charge in [-0.1, -0.05) is 23.1 Å². The summed E-state index contributed by atoms with van der Waals surface area (Å²) < 4.78 is 11.9. The van der Waals surface area contributed by atoms with Crippen LogP contribution in [0, 0.1) is 13.8 Å². The largest absolute Gasteiger partial charge is 0.496 e. The van der Waals surface area contributed by atoms with Crippen LogP contribution < -0.4 is 15.0 Å². The Hall–Kier alpha value is -3.24. The smallest absolute Gasteiger partial charge is 0.410 e. The van der Waals surface area contributed by atoms with Crippen molar-refractivity contribution in [3.05, 3.63) is 59.3 Å². The van der Waals surface area contributed by atoms with E-state index in [1.807, 2.05) is 58.0 Å². The third-order valence-electron chi connectivity index (χ3n) is 6.03. The van der Waals surface area contributed by atoms with E-state index in [1.54, 1.807) is 30.0 Å². The van der Waals surface area contributed by atoms with Crippen LogP contribution in [0.1, 0.15) is 42.3 Å². The van der Waals surface area contributed by atoms with Gasteiger partial charge >= 0.3 is 6.09 Å². The monoisotopic (exact) mass is 554 g/mol. The molecule has 1 aliphatic heterocycles. The molecule has 202 valence electrons. The minimum absolute atomic E-state index is 0.200. The molecule has 0 atom stereocenters. The van der Waals surface area contributed by atoms with Gasteiger partial charge in [-0.25, -0.2) is 9.78 Å². The summed E-state index contributed by atoms with van der Waals surface area (Å²) in [6.45, 7) is 12.3. The van der Waals surface area contributed by atoms with Gasteiger partial charge in [-0.2, -0.15) is 0 Å². The summed E-state index contributed by atoms with van der Waals surface area (Å²) in [6, 6.07) is 11.7. The zero-order valence-electron chi connectivity index (χ0n) is 22.7. The van der Waals surface area contributed by atoms with Gasteiger partial charge in [0.25, 0.3) is 5.91 Å². The zero-order chi connectivity index (χ0) is 27.4. The number of piperazine rings is 1. The van der Waals surface area contributed by atoms with Crippen molar-refractivity contribution in [1.82, 2.24) is 9.88 Å². The van der Waals surface area contributed by atoms with Crippen molar-refractivity contribution in [1.29, 1.82) is 0 Å². The van der Waals surface area contributed by atoms with E-state index in [-0.39, 0.29) is 12.0 Å². The van der Waals surface area contributed by atoms with Gasteiger partial charge in [0.05, 0.1) is 17.5 Å². The lowest BCUT2D eigenvalue weighted by molar-refractivity contribution is 0.0240. The number of carbonyl (C=O) groups is 2. The average molecular weight is 555 g/mol. The van der Waals surface area contributed by atoms with Gasteiger partial charge in [0, 0.05) is 42.3 Å². The molecule has 2 aromatic carbocycles. The van der Waals surface area contributed by atoms with Gasteiger partial charge in [0.2, 0.25) is 0 Å². The Bertz CT molecular complexity index is 1290. The van der Waals surface area contributed by atoms with E-state index in [9.17, 15) is 9.59 Å². The minimum Gasteiger partial charge on any atom is -0.496 e. The maximum atomic E-state index is 12.8. The summed E-state index contributed by atoms with van der Waals surface area (Å²) in [5.74, 6) is 0.673. The van der Waals surface area contributed by atoms with E-state index < -0.39 is 5.60 Å². The molecule has 0 spiro atoms. The van der Waals surface area contributed by atoms with Crippen LogP contribution in [-0.4, -0.2) is 60.8 Å². The van der Waals surface area contributed by atoms with Crippen LogP contribution in [0.4, 0.5) is 15.6 Å². The molecule has 8 nitrogen and oxygen atoms in total. The molecule has 0 radical (unpaired) electrons. The molecule has 0 saturated carbocycles. The lowest BCUT2D eigenvalue weighted by Gasteiger charge is -2.36. The number of anilines is 2. The molecular formula is C28H34N4O4S2. The number of ether oxygens (including phenoxy) is 2. The molecule has 2 amide bonds. The number of methoxy groups -OCH3 is 1. The maximum absolute atomic E-state index is 12.8. The first-order chi connectivity index (χ1) is 18.0. The standard InChI is InChI=1S/C28H34N4O4S2/c1-18-16-23(19(2)15-22(18)35-6)37-24-17-29-26(38-24)30-25(33)20-7-9-21(10-8-20)31-11-13-32(14-12-31)27(34)36-28(3,4)5/h7-10,15-17H,11-14H2,1-6H3,(H,29,30,33). The number of rotatable bonds is 6. The third-order valence-corrected chi connectivity index (χ3v) is 8.21. The molecule has 2 heterocycles. The number of nitrogens with one attached hydrogen (secondary N) is 1. The lowest BCUT2D eigenvalue weighted by Crippen LogP contribution is -2.50. The number of nitrogens with zero attached hydrogens (tertiary/aromatic N) is 3. The van der Waals surface area contributed by atoms with E-state index in [2.05, 4.69) is 28.2 Å². The zero-order valence-corrected chi connectivity index (χ0v) is 24.3. The SMILES string of the molecule is COc1cc(C)c(Sc2cnc(NC(=O)c3ccc(N4CCN(C(=O)OC(C)(C)C)CC4)cc3)s2)cc1C. The molecular weight excluding hydrogens is 520 g/mol. The summed E-state index contributed by atoms with van der Waals surface area (Å²) in [6.07, 6.45) is 1.51. The second kappa shape index (κ2) is 11.7. The Balaban J connectivity index is 1.31. The van der Waals surface area contributed by atoms with Crippen LogP contribution in [0.25, 0.3) is 0 Å². The van der Waals surface area contributed by atoms with Crippen molar-refractivity contribution in [2.45, 2.75) is 49.3 Å². The molecule has 4 rings (SSSR count). The summed E-state index contributed by atoms with van der Waals surface area (Å²) in [5, 5.41) is 3.47. The van der Waals surface area contributed by atoms with Crippen LogP contribution >= 0.6 is 23.1 Å². The fraction of sp³-hybridized carbons (Fsp3) is 0.393. The highest BCUT2D eigenvalue weighted by Gasteiger charge is 2.26. The van der Waals surface area contributed by atoms with Crippen molar-refractivity contribution in [2.75, 3.05) is 43.5 Å². The summed E-state index contributed by atoms with van der Waals surface area (Å²) in [7, 11) is 1.68. The third kappa shape index (κ3) is 6.99. The molecule has 0 unspecified atom stereocenters. The Morgan fingerprint density at radius 2 is 1.71 bits per heavy atom. The van der Waals surface area contributed by atoms with E-state index in [1.165, 1.54) is 11.3 Å². The maximum Gasteiger partial charge on any atom is 0.410 e. The summed E-state index contributed by atoms with van der Waals surface area (Å²) in [5.41, 5.74) is 3.28. The normalized spacial score (nSPS) is 13.8. The second-order valence-corrected chi connectivity index (χ2v) is 12.5. The van der Waals surface area contributed by atoms with E-state index in [0.717, 1.165) is 31.7 Å². The number of hydrogen-bond donors (Lipinski definition) is 1. The highest BCUT2D eigenvalue weighted by Crippen LogP contribution is 2.38. The number of aromatic nitrogens is 1. The topological polar surface area (TPSA) is 84.0 Å². The molecule has 1 saturated heterocycles. The van der Waals surface area contributed by atoms with E-state index >= 15 is 0 Å². The first-order valence-electron chi connectivity index (χ1n) is 12.5. The Morgan fingerprint density at radius 3 is 2.34 bits per heavy atom. The van der Waals surface area contributed by atoms with Crippen LogP contribution in [0.3, 0.4) is 0 Å². The van der Waals surface area contributed by atoms with Crippen LogP contribution in [0.5, 0.6) is 5.75 Å². The number of benzene rings is 2. The van der Waals surface area contributed by atoms with Crippen molar-refractivity contribution in [2.24, 2.45) is 0 Å². The Kier molecular flexibility index (Phi) is 8.52. The first-order valence-corrected chi connectivity index (χ1v) is 14.1. The Labute approximate surface area is 232 Å². The second-order valence-electron chi connectivity index (χ2n) is 10.1. The predicted molar refractivity (Wildman–Crippen MR) is 153 cm³/mol. The number of thiazole rings is 1. The van der Waals surface area contributed by atoms with Gasteiger partial charge in [-0.15, -0.1) is 0 Å². The molecule has 38 heavy (non-hydrogen) atoms. The molecule has 3 aromatic rings.